The van der Waals surface area contributed by atoms with Crippen molar-refractivity contribution in [2.24, 2.45) is 10.8 Å². The Hall–Kier alpha value is -2.15. The maximum atomic E-state index is 12.6. The number of hydrogen-bond acceptors (Lipinski definition) is 5. The molecule has 1 aromatic carbocycles. The first-order valence-electron chi connectivity index (χ1n) is 8.90. The normalized spacial score (nSPS) is 25.9. The standard InChI is InChI=1S/C19H23ClN2O5/c1-18(2)7-13-8-19(3,10-18)11-21(13)16(23)9-27-17(24)14-6-12(22(25)26)4-5-15(14)20/h4-6,13H,7-11H2,1-3H3. The van der Waals surface area contributed by atoms with Gasteiger partial charge in [0, 0.05) is 24.7 Å². The number of ether oxygens (including phenoxy) is 1. The van der Waals surface area contributed by atoms with Gasteiger partial charge in [0.15, 0.2) is 6.61 Å². The second-order valence-electron chi connectivity index (χ2n) is 8.73. The largest absolute Gasteiger partial charge is 0.452 e. The van der Waals surface area contributed by atoms with Gasteiger partial charge in [-0.15, -0.1) is 0 Å². The van der Waals surface area contributed by atoms with Gasteiger partial charge in [-0.2, -0.15) is 0 Å². The van der Waals surface area contributed by atoms with E-state index in [2.05, 4.69) is 20.8 Å². The lowest BCUT2D eigenvalue weighted by atomic mass is 9.65. The van der Waals surface area contributed by atoms with E-state index in [1.807, 2.05) is 4.90 Å². The van der Waals surface area contributed by atoms with Crippen LogP contribution in [0.5, 0.6) is 0 Å². The minimum absolute atomic E-state index is 0.0457. The van der Waals surface area contributed by atoms with Crippen LogP contribution in [0.4, 0.5) is 5.69 Å². The summed E-state index contributed by atoms with van der Waals surface area (Å²) in [4.78, 5) is 37.0. The Balaban J connectivity index is 1.66. The number of fused-ring (bicyclic) bond motifs is 2. The summed E-state index contributed by atoms with van der Waals surface area (Å²) >= 11 is 5.94. The SMILES string of the molecule is CC1(C)CC2CC(C)(CN2C(=O)COC(=O)c2cc([N+](=O)[O-])ccc2Cl)C1. The van der Waals surface area contributed by atoms with Crippen LogP contribution < -0.4 is 0 Å². The second-order valence-corrected chi connectivity index (χ2v) is 9.14. The van der Waals surface area contributed by atoms with Gasteiger partial charge in [0.2, 0.25) is 0 Å². The van der Waals surface area contributed by atoms with Crippen molar-refractivity contribution in [1.82, 2.24) is 4.90 Å². The van der Waals surface area contributed by atoms with Crippen molar-refractivity contribution in [2.75, 3.05) is 13.2 Å². The van der Waals surface area contributed by atoms with Gasteiger partial charge in [-0.25, -0.2) is 4.79 Å². The molecule has 2 atom stereocenters. The van der Waals surface area contributed by atoms with Crippen LogP contribution in [0, 0.1) is 20.9 Å². The van der Waals surface area contributed by atoms with Crippen molar-refractivity contribution in [3.63, 3.8) is 0 Å². The summed E-state index contributed by atoms with van der Waals surface area (Å²) in [6, 6.07) is 3.69. The lowest BCUT2D eigenvalue weighted by Gasteiger charge is -2.39. The van der Waals surface area contributed by atoms with E-state index in [1.165, 1.54) is 12.1 Å². The van der Waals surface area contributed by atoms with Crippen molar-refractivity contribution in [3.8, 4) is 0 Å². The summed E-state index contributed by atoms with van der Waals surface area (Å²) in [5.41, 5.74) is -0.108. The molecule has 1 amide bonds. The third-order valence-corrected chi connectivity index (χ3v) is 5.77. The summed E-state index contributed by atoms with van der Waals surface area (Å²) < 4.78 is 5.11. The minimum Gasteiger partial charge on any atom is -0.452 e. The molecule has 8 heteroatoms. The molecule has 2 aliphatic rings. The van der Waals surface area contributed by atoms with Crippen LogP contribution in [0.25, 0.3) is 0 Å². The molecule has 7 nitrogen and oxygen atoms in total. The molecule has 0 N–H and O–H groups in total. The number of carbonyl (C=O) groups is 2. The summed E-state index contributed by atoms with van der Waals surface area (Å²) in [5.74, 6) is -1.08. The Morgan fingerprint density at radius 3 is 2.70 bits per heavy atom. The average Bonchev–Trinajstić information content (AvgIpc) is 2.81. The molecule has 0 aromatic heterocycles. The highest BCUT2D eigenvalue weighted by molar-refractivity contribution is 6.33. The average molecular weight is 395 g/mol. The van der Waals surface area contributed by atoms with Gasteiger partial charge in [-0.05, 0) is 36.2 Å². The van der Waals surface area contributed by atoms with E-state index in [0.29, 0.717) is 6.54 Å². The van der Waals surface area contributed by atoms with Crippen LogP contribution in [0.2, 0.25) is 5.02 Å². The highest BCUT2D eigenvalue weighted by Gasteiger charge is 2.50. The zero-order chi connectivity index (χ0) is 20.0. The van der Waals surface area contributed by atoms with Crippen LogP contribution in [0.1, 0.15) is 50.4 Å². The molecular formula is C19H23ClN2O5. The van der Waals surface area contributed by atoms with Gasteiger partial charge in [0.25, 0.3) is 11.6 Å². The third kappa shape index (κ3) is 4.08. The van der Waals surface area contributed by atoms with Gasteiger partial charge in [0.05, 0.1) is 15.5 Å². The number of nitro benzene ring substituents is 1. The topological polar surface area (TPSA) is 89.8 Å². The highest BCUT2D eigenvalue weighted by atomic mass is 35.5. The van der Waals surface area contributed by atoms with Crippen LogP contribution in [-0.2, 0) is 9.53 Å². The number of non-ortho nitro benzene ring substituents is 1. The van der Waals surface area contributed by atoms with Crippen molar-refractivity contribution < 1.29 is 19.2 Å². The lowest BCUT2D eigenvalue weighted by Crippen LogP contribution is -2.39. The Bertz CT molecular complexity index is 809. The number of likely N-dealkylation sites (tertiary alicyclic amines) is 1. The maximum absolute atomic E-state index is 12.6. The molecule has 1 aromatic rings. The van der Waals surface area contributed by atoms with E-state index in [-0.39, 0.29) is 39.1 Å². The Morgan fingerprint density at radius 1 is 1.33 bits per heavy atom. The molecule has 2 fully saturated rings. The van der Waals surface area contributed by atoms with E-state index in [9.17, 15) is 19.7 Å². The molecule has 1 saturated carbocycles. The van der Waals surface area contributed by atoms with Gasteiger partial charge in [-0.1, -0.05) is 32.4 Å². The van der Waals surface area contributed by atoms with Gasteiger partial charge >= 0.3 is 5.97 Å². The number of amides is 1. The van der Waals surface area contributed by atoms with Crippen LogP contribution in [-0.4, -0.2) is 40.9 Å². The number of rotatable bonds is 4. The summed E-state index contributed by atoms with van der Waals surface area (Å²) in [6.07, 6.45) is 2.95. The molecule has 1 aliphatic heterocycles. The lowest BCUT2D eigenvalue weighted by molar-refractivity contribution is -0.384. The molecule has 3 rings (SSSR count). The molecule has 27 heavy (non-hydrogen) atoms. The fraction of sp³-hybridized carbons (Fsp3) is 0.579. The van der Waals surface area contributed by atoms with E-state index in [4.69, 9.17) is 16.3 Å². The number of carbonyl (C=O) groups excluding carboxylic acids is 2. The first kappa shape index (κ1) is 19.6. The summed E-state index contributed by atoms with van der Waals surface area (Å²) in [7, 11) is 0. The number of hydrogen-bond donors (Lipinski definition) is 0. The number of halogens is 1. The monoisotopic (exact) mass is 394 g/mol. The predicted molar refractivity (Wildman–Crippen MR) is 99.6 cm³/mol. The first-order valence-corrected chi connectivity index (χ1v) is 9.28. The third-order valence-electron chi connectivity index (χ3n) is 5.44. The predicted octanol–water partition coefficient (Wildman–Crippen LogP) is 3.83. The molecule has 2 bridgehead atoms. The number of benzene rings is 1. The summed E-state index contributed by atoms with van der Waals surface area (Å²) in [5, 5.41) is 10.9. The van der Waals surface area contributed by atoms with Crippen molar-refractivity contribution in [2.45, 2.75) is 46.1 Å². The van der Waals surface area contributed by atoms with Crippen molar-refractivity contribution >= 4 is 29.2 Å². The molecule has 0 spiro atoms. The van der Waals surface area contributed by atoms with E-state index < -0.39 is 17.5 Å². The minimum atomic E-state index is -0.842. The zero-order valence-corrected chi connectivity index (χ0v) is 16.4. The molecular weight excluding hydrogens is 372 g/mol. The number of esters is 1. The van der Waals surface area contributed by atoms with E-state index in [0.717, 1.165) is 25.3 Å². The molecule has 146 valence electrons. The Labute approximate surface area is 162 Å². The van der Waals surface area contributed by atoms with Gasteiger partial charge in [-0.3, -0.25) is 14.9 Å². The number of nitro groups is 1. The second kappa shape index (κ2) is 6.78. The zero-order valence-electron chi connectivity index (χ0n) is 15.7. The molecule has 0 radical (unpaired) electrons. The molecule has 1 aliphatic carbocycles. The van der Waals surface area contributed by atoms with Gasteiger partial charge < -0.3 is 9.64 Å². The molecule has 2 unspecified atom stereocenters. The highest BCUT2D eigenvalue weighted by Crippen LogP contribution is 2.52. The van der Waals surface area contributed by atoms with Crippen LogP contribution in [0.3, 0.4) is 0 Å². The van der Waals surface area contributed by atoms with Gasteiger partial charge in [0.1, 0.15) is 0 Å². The van der Waals surface area contributed by atoms with Crippen LogP contribution in [0.15, 0.2) is 18.2 Å². The van der Waals surface area contributed by atoms with Crippen molar-refractivity contribution in [1.29, 1.82) is 0 Å². The fourth-order valence-electron chi connectivity index (χ4n) is 4.82. The Morgan fingerprint density at radius 2 is 2.04 bits per heavy atom. The molecule has 1 heterocycles. The Kier molecular flexibility index (Phi) is 4.93. The number of nitrogens with zero attached hydrogens (tertiary/aromatic N) is 2. The van der Waals surface area contributed by atoms with E-state index >= 15 is 0 Å². The maximum Gasteiger partial charge on any atom is 0.340 e. The fourth-order valence-corrected chi connectivity index (χ4v) is 5.02. The quantitative estimate of drug-likeness (QED) is 0.439. The first-order chi connectivity index (χ1) is 12.5. The van der Waals surface area contributed by atoms with E-state index in [1.54, 1.807) is 0 Å². The smallest absolute Gasteiger partial charge is 0.340 e. The molecule has 1 saturated heterocycles. The van der Waals surface area contributed by atoms with Crippen LogP contribution >= 0.6 is 11.6 Å². The summed E-state index contributed by atoms with van der Waals surface area (Å²) in [6.45, 7) is 6.90. The van der Waals surface area contributed by atoms with Crippen molar-refractivity contribution in [3.05, 3.63) is 38.9 Å².